The van der Waals surface area contributed by atoms with Crippen molar-refractivity contribution in [3.8, 4) is 0 Å². The van der Waals surface area contributed by atoms with Crippen molar-refractivity contribution in [2.24, 2.45) is 0 Å². The number of nitrogens with zero attached hydrogens (tertiary/aromatic N) is 2. The van der Waals surface area contributed by atoms with Gasteiger partial charge in [-0.2, -0.15) is 5.10 Å². The molecule has 2 N–H and O–H groups in total. The molecule has 1 aromatic heterocycles. The highest BCUT2D eigenvalue weighted by Gasteiger charge is 2.03. The molecule has 3 aromatic rings. The first-order valence-corrected chi connectivity index (χ1v) is 8.85. The summed E-state index contributed by atoms with van der Waals surface area (Å²) >= 11 is 11.3. The molecule has 0 amide bonds. The number of rotatable bonds is 5. The summed E-state index contributed by atoms with van der Waals surface area (Å²) in [5.41, 5.74) is 4.24. The second-order valence-corrected chi connectivity index (χ2v) is 6.53. The molecule has 6 heteroatoms. The second-order valence-electron chi connectivity index (χ2n) is 5.68. The first kappa shape index (κ1) is 17.5. The molecule has 0 unspecified atom stereocenters. The Bertz CT molecular complexity index is 841. The third-order valence-corrected chi connectivity index (χ3v) is 4.23. The summed E-state index contributed by atoms with van der Waals surface area (Å²) in [7, 11) is 0. The van der Waals surface area contributed by atoms with Crippen molar-refractivity contribution < 1.29 is 0 Å². The van der Waals surface area contributed by atoms with Gasteiger partial charge >= 0.3 is 0 Å². The third kappa shape index (κ3) is 5.05. The van der Waals surface area contributed by atoms with Crippen LogP contribution in [0.5, 0.6) is 0 Å². The van der Waals surface area contributed by atoms with Gasteiger partial charge in [0.25, 0.3) is 0 Å². The molecule has 0 saturated heterocycles. The van der Waals surface area contributed by atoms with E-state index in [0.717, 1.165) is 28.4 Å². The number of anilines is 2. The van der Waals surface area contributed by atoms with Gasteiger partial charge in [-0.25, -0.2) is 0 Å². The molecule has 0 bridgehead atoms. The first-order chi connectivity index (χ1) is 12.1. The van der Waals surface area contributed by atoms with Gasteiger partial charge in [-0.3, -0.25) is 4.68 Å². The molecule has 0 aliphatic heterocycles. The average Bonchev–Trinajstić information content (AvgIpc) is 3.04. The summed E-state index contributed by atoms with van der Waals surface area (Å²) in [4.78, 5) is 0. The zero-order chi connectivity index (χ0) is 17.6. The zero-order valence-electron chi connectivity index (χ0n) is 13.9. The lowest BCUT2D eigenvalue weighted by atomic mass is 10.1. The molecule has 2 aromatic carbocycles. The fourth-order valence-electron chi connectivity index (χ4n) is 2.41. The van der Waals surface area contributed by atoms with E-state index >= 15 is 0 Å². The van der Waals surface area contributed by atoms with Crippen LogP contribution in [0.3, 0.4) is 0 Å². The second kappa shape index (κ2) is 8.14. The molecule has 0 fully saturated rings. The first-order valence-electron chi connectivity index (χ1n) is 8.06. The Balaban J connectivity index is 1.56. The van der Waals surface area contributed by atoms with Crippen LogP contribution in [0.2, 0.25) is 5.02 Å². The minimum Gasteiger partial charge on any atom is -0.332 e. The van der Waals surface area contributed by atoms with Gasteiger partial charge in [0.15, 0.2) is 5.11 Å². The smallest absolute Gasteiger partial charge is 0.175 e. The molecule has 3 rings (SSSR count). The van der Waals surface area contributed by atoms with Crippen LogP contribution in [0, 0.1) is 0 Å². The van der Waals surface area contributed by atoms with Crippen LogP contribution in [-0.4, -0.2) is 14.9 Å². The standard InChI is InChI=1S/C19H19ClN4S/c1-2-14-5-9-17(10-6-14)22-19(25)23-18-11-21-24(13-18)12-15-3-7-16(20)8-4-15/h3-11,13H,2,12H2,1H3,(H2,22,23,25). The van der Waals surface area contributed by atoms with Crippen LogP contribution < -0.4 is 10.6 Å². The summed E-state index contributed by atoms with van der Waals surface area (Å²) in [6, 6.07) is 16.0. The van der Waals surface area contributed by atoms with E-state index in [1.165, 1.54) is 5.56 Å². The number of nitrogens with one attached hydrogen (secondary N) is 2. The number of aromatic nitrogens is 2. The molecule has 1 heterocycles. The Labute approximate surface area is 157 Å². The summed E-state index contributed by atoms with van der Waals surface area (Å²) in [5.74, 6) is 0. The van der Waals surface area contributed by atoms with Gasteiger partial charge in [0.1, 0.15) is 0 Å². The molecule has 4 nitrogen and oxygen atoms in total. The van der Waals surface area contributed by atoms with Crippen LogP contribution >= 0.6 is 23.8 Å². The van der Waals surface area contributed by atoms with E-state index in [-0.39, 0.29) is 0 Å². The van der Waals surface area contributed by atoms with Crippen molar-refractivity contribution in [2.75, 3.05) is 10.6 Å². The molecule has 0 atom stereocenters. The summed E-state index contributed by atoms with van der Waals surface area (Å²) in [5, 5.41) is 11.9. The quantitative estimate of drug-likeness (QED) is 0.623. The lowest BCUT2D eigenvalue weighted by Crippen LogP contribution is -2.18. The molecular formula is C19H19ClN4S. The summed E-state index contributed by atoms with van der Waals surface area (Å²) in [6.45, 7) is 2.81. The van der Waals surface area contributed by atoms with E-state index in [9.17, 15) is 0 Å². The number of benzene rings is 2. The topological polar surface area (TPSA) is 41.9 Å². The Morgan fingerprint density at radius 1 is 1.00 bits per heavy atom. The van der Waals surface area contributed by atoms with Crippen LogP contribution in [0.25, 0.3) is 0 Å². The lowest BCUT2D eigenvalue weighted by Gasteiger charge is -2.09. The number of aryl methyl sites for hydroxylation is 1. The van der Waals surface area contributed by atoms with Gasteiger partial charge in [-0.15, -0.1) is 0 Å². The number of hydrogen-bond donors (Lipinski definition) is 2. The number of halogens is 1. The SMILES string of the molecule is CCc1ccc(NC(=S)Nc2cnn(Cc3ccc(Cl)cc3)c2)cc1. The third-order valence-electron chi connectivity index (χ3n) is 3.77. The predicted octanol–water partition coefficient (Wildman–Crippen LogP) is 4.96. The predicted molar refractivity (Wildman–Crippen MR) is 108 cm³/mol. The van der Waals surface area contributed by atoms with Crippen molar-refractivity contribution >= 4 is 40.3 Å². The van der Waals surface area contributed by atoms with E-state index in [1.807, 2.05) is 47.3 Å². The maximum absolute atomic E-state index is 5.91. The monoisotopic (exact) mass is 370 g/mol. The highest BCUT2D eigenvalue weighted by Crippen LogP contribution is 2.13. The van der Waals surface area contributed by atoms with E-state index in [0.29, 0.717) is 11.7 Å². The Morgan fingerprint density at radius 2 is 1.64 bits per heavy atom. The van der Waals surface area contributed by atoms with Crippen molar-refractivity contribution in [1.29, 1.82) is 0 Å². The highest BCUT2D eigenvalue weighted by atomic mass is 35.5. The van der Waals surface area contributed by atoms with Gasteiger partial charge in [0, 0.05) is 16.9 Å². The molecule has 0 aliphatic carbocycles. The average molecular weight is 371 g/mol. The largest absolute Gasteiger partial charge is 0.332 e. The van der Waals surface area contributed by atoms with Gasteiger partial charge < -0.3 is 10.6 Å². The molecule has 0 radical (unpaired) electrons. The summed E-state index contributed by atoms with van der Waals surface area (Å²) in [6.07, 6.45) is 4.70. The maximum Gasteiger partial charge on any atom is 0.175 e. The van der Waals surface area contributed by atoms with E-state index in [4.69, 9.17) is 23.8 Å². The van der Waals surface area contributed by atoms with Gasteiger partial charge in [0.05, 0.1) is 18.4 Å². The fourth-order valence-corrected chi connectivity index (χ4v) is 2.77. The molecule has 0 saturated carbocycles. The fraction of sp³-hybridized carbons (Fsp3) is 0.158. The maximum atomic E-state index is 5.91. The molecule has 128 valence electrons. The van der Waals surface area contributed by atoms with Gasteiger partial charge in [0.2, 0.25) is 0 Å². The van der Waals surface area contributed by atoms with E-state index < -0.39 is 0 Å². The Hall–Kier alpha value is -2.37. The van der Waals surface area contributed by atoms with Crippen LogP contribution in [0.1, 0.15) is 18.1 Å². The summed E-state index contributed by atoms with van der Waals surface area (Å²) < 4.78 is 1.85. The molecule has 0 aliphatic rings. The molecule has 25 heavy (non-hydrogen) atoms. The van der Waals surface area contributed by atoms with E-state index in [2.05, 4.69) is 34.8 Å². The highest BCUT2D eigenvalue weighted by molar-refractivity contribution is 7.80. The number of hydrogen-bond acceptors (Lipinski definition) is 2. The van der Waals surface area contributed by atoms with Crippen LogP contribution in [0.4, 0.5) is 11.4 Å². The zero-order valence-corrected chi connectivity index (χ0v) is 15.4. The van der Waals surface area contributed by atoms with Gasteiger partial charge in [-0.1, -0.05) is 42.8 Å². The van der Waals surface area contributed by atoms with Crippen molar-refractivity contribution in [1.82, 2.24) is 9.78 Å². The molecule has 0 spiro atoms. The molecular weight excluding hydrogens is 352 g/mol. The number of thiocarbonyl (C=S) groups is 1. The minimum atomic E-state index is 0.537. The van der Waals surface area contributed by atoms with Crippen LogP contribution in [-0.2, 0) is 13.0 Å². The Morgan fingerprint density at radius 3 is 2.32 bits per heavy atom. The van der Waals surface area contributed by atoms with E-state index in [1.54, 1.807) is 6.20 Å². The Kier molecular flexibility index (Phi) is 5.68. The van der Waals surface area contributed by atoms with Crippen LogP contribution in [0.15, 0.2) is 60.9 Å². The van der Waals surface area contributed by atoms with Crippen molar-refractivity contribution in [2.45, 2.75) is 19.9 Å². The van der Waals surface area contributed by atoms with Crippen molar-refractivity contribution in [3.63, 3.8) is 0 Å². The van der Waals surface area contributed by atoms with Crippen molar-refractivity contribution in [3.05, 3.63) is 77.1 Å². The minimum absolute atomic E-state index is 0.537. The normalized spacial score (nSPS) is 10.5. The lowest BCUT2D eigenvalue weighted by molar-refractivity contribution is 0.687. The van der Waals surface area contributed by atoms with Gasteiger partial charge in [-0.05, 0) is 54.0 Å².